The number of nitrogens with one attached hydrogen (secondary N) is 2. The molecule has 1 saturated heterocycles. The summed E-state index contributed by atoms with van der Waals surface area (Å²) in [6.45, 7) is 8.86. The van der Waals surface area contributed by atoms with Gasteiger partial charge in [0.15, 0.2) is 0 Å². The van der Waals surface area contributed by atoms with E-state index in [1.54, 1.807) is 7.11 Å². The monoisotopic (exact) mass is 214 g/mol. The van der Waals surface area contributed by atoms with Crippen LogP contribution in [0, 0.1) is 5.41 Å². The Hall–Kier alpha value is -0.120. The van der Waals surface area contributed by atoms with Gasteiger partial charge in [0.1, 0.15) is 0 Å². The van der Waals surface area contributed by atoms with Gasteiger partial charge in [-0.05, 0) is 31.2 Å². The van der Waals surface area contributed by atoms with Crippen LogP contribution in [0.15, 0.2) is 0 Å². The van der Waals surface area contributed by atoms with E-state index in [1.807, 2.05) is 0 Å². The van der Waals surface area contributed by atoms with Crippen LogP contribution in [0.4, 0.5) is 0 Å². The van der Waals surface area contributed by atoms with Crippen molar-refractivity contribution in [1.29, 1.82) is 0 Å². The molecule has 0 saturated carbocycles. The van der Waals surface area contributed by atoms with E-state index < -0.39 is 0 Å². The molecule has 1 rings (SSSR count). The average molecular weight is 214 g/mol. The molecule has 3 nitrogen and oxygen atoms in total. The molecule has 0 spiro atoms. The Morgan fingerprint density at radius 3 is 2.87 bits per heavy atom. The highest BCUT2D eigenvalue weighted by Gasteiger charge is 2.20. The van der Waals surface area contributed by atoms with Crippen LogP contribution in [-0.4, -0.2) is 39.4 Å². The summed E-state index contributed by atoms with van der Waals surface area (Å²) in [6.07, 6.45) is 3.74. The fraction of sp³-hybridized carbons (Fsp3) is 1.00. The van der Waals surface area contributed by atoms with Gasteiger partial charge < -0.3 is 15.4 Å². The fourth-order valence-electron chi connectivity index (χ4n) is 1.91. The molecule has 90 valence electrons. The first-order valence-electron chi connectivity index (χ1n) is 6.07. The van der Waals surface area contributed by atoms with Gasteiger partial charge in [0.25, 0.3) is 0 Å². The molecule has 0 aliphatic carbocycles. The smallest absolute Gasteiger partial charge is 0.0467 e. The summed E-state index contributed by atoms with van der Waals surface area (Å²) < 4.78 is 5.13. The molecule has 1 atom stereocenters. The van der Waals surface area contributed by atoms with Gasteiger partial charge in [0.05, 0.1) is 0 Å². The molecular formula is C12H26N2O. The lowest BCUT2D eigenvalue weighted by Gasteiger charge is -2.30. The number of rotatable bonds is 6. The number of hydrogen-bond donors (Lipinski definition) is 2. The van der Waals surface area contributed by atoms with Gasteiger partial charge in [-0.25, -0.2) is 0 Å². The molecule has 0 amide bonds. The number of piperidine rings is 1. The summed E-state index contributed by atoms with van der Waals surface area (Å²) in [7, 11) is 1.77. The average Bonchev–Trinajstić information content (AvgIpc) is 2.25. The van der Waals surface area contributed by atoms with Gasteiger partial charge in [-0.3, -0.25) is 0 Å². The van der Waals surface area contributed by atoms with E-state index in [4.69, 9.17) is 4.74 Å². The van der Waals surface area contributed by atoms with Crippen LogP contribution >= 0.6 is 0 Å². The maximum Gasteiger partial charge on any atom is 0.0467 e. The van der Waals surface area contributed by atoms with Crippen LogP contribution < -0.4 is 10.6 Å². The molecule has 15 heavy (non-hydrogen) atoms. The highest BCUT2D eigenvalue weighted by Crippen LogP contribution is 2.19. The summed E-state index contributed by atoms with van der Waals surface area (Å²) in [6, 6.07) is 0.667. The SMILES string of the molecule is COCCC(C)(C)CNC1CCCNC1. The molecule has 0 aromatic rings. The van der Waals surface area contributed by atoms with Gasteiger partial charge in [0, 0.05) is 32.8 Å². The van der Waals surface area contributed by atoms with Crippen molar-refractivity contribution in [2.75, 3.05) is 33.4 Å². The highest BCUT2D eigenvalue weighted by atomic mass is 16.5. The van der Waals surface area contributed by atoms with Crippen molar-refractivity contribution in [1.82, 2.24) is 10.6 Å². The number of methoxy groups -OCH3 is 1. The van der Waals surface area contributed by atoms with Crippen molar-refractivity contribution in [3.63, 3.8) is 0 Å². The largest absolute Gasteiger partial charge is 0.385 e. The molecule has 0 radical (unpaired) electrons. The van der Waals surface area contributed by atoms with Gasteiger partial charge in [-0.15, -0.1) is 0 Å². The highest BCUT2D eigenvalue weighted by molar-refractivity contribution is 4.79. The van der Waals surface area contributed by atoms with Gasteiger partial charge in [0.2, 0.25) is 0 Å². The third-order valence-electron chi connectivity index (χ3n) is 3.15. The first kappa shape index (κ1) is 12.9. The molecule has 1 aliphatic rings. The second-order valence-corrected chi connectivity index (χ2v) is 5.33. The summed E-state index contributed by atoms with van der Waals surface area (Å²) in [5, 5.41) is 7.08. The van der Waals surface area contributed by atoms with Crippen molar-refractivity contribution >= 4 is 0 Å². The molecule has 0 aromatic carbocycles. The Labute approximate surface area is 94.0 Å². The topological polar surface area (TPSA) is 33.3 Å². The van der Waals surface area contributed by atoms with E-state index in [-0.39, 0.29) is 0 Å². The minimum absolute atomic E-state index is 0.341. The maximum atomic E-state index is 5.13. The molecule has 0 aromatic heterocycles. The van der Waals surface area contributed by atoms with E-state index in [9.17, 15) is 0 Å². The summed E-state index contributed by atoms with van der Waals surface area (Å²) in [5.41, 5.74) is 0.341. The van der Waals surface area contributed by atoms with E-state index in [0.29, 0.717) is 11.5 Å². The van der Waals surface area contributed by atoms with E-state index in [0.717, 1.165) is 26.1 Å². The molecule has 3 heteroatoms. The van der Waals surface area contributed by atoms with Gasteiger partial charge >= 0.3 is 0 Å². The Morgan fingerprint density at radius 2 is 2.27 bits per heavy atom. The molecule has 1 unspecified atom stereocenters. The van der Waals surface area contributed by atoms with Crippen LogP contribution in [0.3, 0.4) is 0 Å². The standard InChI is InChI=1S/C12H26N2O/c1-12(2,6-8-15-3)10-14-11-5-4-7-13-9-11/h11,13-14H,4-10H2,1-3H3. The molecule has 2 N–H and O–H groups in total. The minimum atomic E-state index is 0.341. The predicted octanol–water partition coefficient (Wildman–Crippen LogP) is 1.39. The van der Waals surface area contributed by atoms with Crippen molar-refractivity contribution < 1.29 is 4.74 Å². The lowest BCUT2D eigenvalue weighted by molar-refractivity contribution is 0.148. The Bertz CT molecular complexity index is 165. The van der Waals surface area contributed by atoms with Gasteiger partial charge in [-0.1, -0.05) is 13.8 Å². The van der Waals surface area contributed by atoms with Crippen molar-refractivity contribution in [3.05, 3.63) is 0 Å². The predicted molar refractivity (Wildman–Crippen MR) is 64.2 cm³/mol. The summed E-state index contributed by atoms with van der Waals surface area (Å²) in [4.78, 5) is 0. The summed E-state index contributed by atoms with van der Waals surface area (Å²) in [5.74, 6) is 0. The molecule has 1 aliphatic heterocycles. The Balaban J connectivity index is 2.15. The fourth-order valence-corrected chi connectivity index (χ4v) is 1.91. The second-order valence-electron chi connectivity index (χ2n) is 5.33. The van der Waals surface area contributed by atoms with Crippen LogP contribution in [0.25, 0.3) is 0 Å². The van der Waals surface area contributed by atoms with Crippen LogP contribution in [0.1, 0.15) is 33.1 Å². The van der Waals surface area contributed by atoms with Crippen molar-refractivity contribution in [2.24, 2.45) is 5.41 Å². The molecule has 1 heterocycles. The third-order valence-corrected chi connectivity index (χ3v) is 3.15. The van der Waals surface area contributed by atoms with E-state index >= 15 is 0 Å². The lowest BCUT2D eigenvalue weighted by Crippen LogP contribution is -2.46. The molecule has 0 bridgehead atoms. The lowest BCUT2D eigenvalue weighted by atomic mass is 9.89. The Kier molecular flexibility index (Phi) is 5.58. The van der Waals surface area contributed by atoms with E-state index in [2.05, 4.69) is 24.5 Å². The van der Waals surface area contributed by atoms with Crippen LogP contribution in [0.5, 0.6) is 0 Å². The first-order chi connectivity index (χ1) is 7.14. The second kappa shape index (κ2) is 6.46. The van der Waals surface area contributed by atoms with Gasteiger partial charge in [-0.2, -0.15) is 0 Å². The number of hydrogen-bond acceptors (Lipinski definition) is 3. The van der Waals surface area contributed by atoms with Crippen molar-refractivity contribution in [3.8, 4) is 0 Å². The maximum absolute atomic E-state index is 5.13. The Morgan fingerprint density at radius 1 is 1.47 bits per heavy atom. The van der Waals surface area contributed by atoms with Crippen LogP contribution in [-0.2, 0) is 4.74 Å². The first-order valence-corrected chi connectivity index (χ1v) is 6.07. The zero-order valence-electron chi connectivity index (χ0n) is 10.4. The third kappa shape index (κ3) is 5.50. The molecular weight excluding hydrogens is 188 g/mol. The zero-order valence-corrected chi connectivity index (χ0v) is 10.4. The minimum Gasteiger partial charge on any atom is -0.385 e. The van der Waals surface area contributed by atoms with E-state index in [1.165, 1.54) is 19.4 Å². The zero-order chi connectivity index (χ0) is 11.1. The van der Waals surface area contributed by atoms with Crippen molar-refractivity contribution in [2.45, 2.75) is 39.2 Å². The normalized spacial score (nSPS) is 23.0. The summed E-state index contributed by atoms with van der Waals surface area (Å²) >= 11 is 0. The quantitative estimate of drug-likeness (QED) is 0.701. The molecule has 1 fully saturated rings. The number of ether oxygens (including phenoxy) is 1. The van der Waals surface area contributed by atoms with Crippen LogP contribution in [0.2, 0.25) is 0 Å².